The molecule has 17 atom stereocenters. The summed E-state index contributed by atoms with van der Waals surface area (Å²) < 4.78 is 0. The van der Waals surface area contributed by atoms with Crippen LogP contribution in [0.25, 0.3) is 9.69 Å². The van der Waals surface area contributed by atoms with E-state index in [0.717, 1.165) is 168 Å². The molecule has 8 heterocycles. The second-order valence-corrected chi connectivity index (χ2v) is 36.8. The van der Waals surface area contributed by atoms with Crippen molar-refractivity contribution in [2.24, 2.45) is 59.2 Å². The third-order valence-electron chi connectivity index (χ3n) is 28.0. The molecular formula is C85H134N20O8. The van der Waals surface area contributed by atoms with Gasteiger partial charge in [0.25, 0.3) is 0 Å². The van der Waals surface area contributed by atoms with Crippen LogP contribution in [-0.2, 0) is 25.6 Å². The molecule has 8 aliphatic heterocycles. The first-order chi connectivity index (χ1) is 53.4. The van der Waals surface area contributed by atoms with Gasteiger partial charge in [0.15, 0.2) is 0 Å². The maximum atomic E-state index is 12.9. The molecule has 13 fully saturated rings. The standard InChI is InChI=1S/C24H33N5O2.C22H35N5O2.2C19H31N5O2.CH4/c1-25-21-10-7-11-29(21)22(30)15-26-24(12-18-8-5-4-6-9-18)13-19-16-28(17-20(19)14-24)23(31)27(2)3;1-23-19-9-6-10-27(19)20(28)13-24-22(18-7-4-5-8-18)11-16-14-26(15-17(16)12-22)21(29)25(2)3;1-13-5-16(8-20)24(10-13)17(25)9-21-19(2)6-14-11-23(12-15(14)7-19)18(26)22(3)4;1-4-19(21-11-17(25)24-7-5-6-16(24)10-20)8-14-12-23(13-15(14)9-19)18(26)22(2)3;/h4-6,8-9,19-21,26H,7,10-17H2,2-3H3;16-19,24H,4-15H2,2-3H3;13-16,21H,5-7,9-12H2,1-4H3;14-16,21H,4-9,11-13H2,1-3H3;1H4/t19-,20+,21-,24?;16-,17+,19-,22?;13-,14-,15+,16-,19?;14-,15+,16-,19?;/m0000./s1. The first-order valence-electron chi connectivity index (χ1n) is 42.0. The van der Waals surface area contributed by atoms with E-state index in [1.165, 1.54) is 31.2 Å². The molecule has 14 rings (SSSR count). The minimum atomic E-state index is -0.298. The Morgan fingerprint density at radius 1 is 0.460 bits per heavy atom. The quantitative estimate of drug-likeness (QED) is 0.115. The average Bonchev–Trinajstić information content (AvgIpc) is 1.58. The number of nitrogens with zero attached hydrogens (tertiary/aromatic N) is 16. The number of rotatable bonds is 16. The zero-order chi connectivity index (χ0) is 80.6. The number of hydrogen-bond acceptors (Lipinski definition) is 14. The SMILES string of the molecule is C.CCC1(NCC(=O)N2CCC[C@H]2C#N)C[C@H]2CN(C(=O)N(C)C)C[C@H]2C1.C[C@H]1C[C@@H](C#N)N(C(=O)CNC2(C)C[C@H]3CN(C(=O)N(C)C)C[C@H]3C2)C1.[C-]#[N+][C@@H]1CCCN1C(=O)CNC1(C2CCCC2)C[C@H]2CN(C(=O)N(C)C)C[C@H]2C1.[C-]#[N+][C@@H]1CCCN1C(=O)CNC1(Cc2ccccc2)C[C@H]2CN(C(=O)N(C)C)C[C@H]2C1. The van der Waals surface area contributed by atoms with Crippen molar-refractivity contribution >= 4 is 47.8 Å². The molecule has 622 valence electrons. The van der Waals surface area contributed by atoms with Crippen LogP contribution in [0.4, 0.5) is 19.2 Å². The Bertz CT molecular complexity index is 3620. The van der Waals surface area contributed by atoms with Crippen LogP contribution in [0.1, 0.15) is 162 Å². The summed E-state index contributed by atoms with van der Waals surface area (Å²) in [6.45, 7) is 31.7. The maximum Gasteiger partial charge on any atom is 0.319 e. The molecule has 5 saturated carbocycles. The van der Waals surface area contributed by atoms with Crippen LogP contribution in [0.3, 0.4) is 0 Å². The minimum absolute atomic E-state index is 0. The summed E-state index contributed by atoms with van der Waals surface area (Å²) in [4.78, 5) is 129. The van der Waals surface area contributed by atoms with Crippen LogP contribution in [0.5, 0.6) is 0 Å². The highest BCUT2D eigenvalue weighted by atomic mass is 16.2. The van der Waals surface area contributed by atoms with Crippen LogP contribution in [0.2, 0.25) is 0 Å². The lowest BCUT2D eigenvalue weighted by atomic mass is 9.79. The molecule has 28 heteroatoms. The molecule has 28 nitrogen and oxygen atoms in total. The van der Waals surface area contributed by atoms with Gasteiger partial charge < -0.3 is 70.3 Å². The maximum absolute atomic E-state index is 12.9. The van der Waals surface area contributed by atoms with Gasteiger partial charge in [-0.15, -0.1) is 0 Å². The van der Waals surface area contributed by atoms with E-state index < -0.39 is 0 Å². The third-order valence-corrected chi connectivity index (χ3v) is 28.0. The number of likely N-dealkylation sites (tertiary alicyclic amines) is 8. The highest BCUT2D eigenvalue weighted by molar-refractivity contribution is 5.81. The van der Waals surface area contributed by atoms with E-state index in [2.05, 4.69) is 88.1 Å². The first-order valence-corrected chi connectivity index (χ1v) is 42.0. The van der Waals surface area contributed by atoms with Gasteiger partial charge in [-0.25, -0.2) is 32.3 Å². The van der Waals surface area contributed by atoms with Gasteiger partial charge in [0.05, 0.1) is 38.3 Å². The summed E-state index contributed by atoms with van der Waals surface area (Å²) in [6.07, 6.45) is 20.3. The molecule has 8 saturated heterocycles. The Morgan fingerprint density at radius 3 is 1.24 bits per heavy atom. The van der Waals surface area contributed by atoms with E-state index in [1.807, 2.05) is 39.8 Å². The molecule has 113 heavy (non-hydrogen) atoms. The first kappa shape index (κ1) is 87.4. The van der Waals surface area contributed by atoms with Crippen LogP contribution in [0.15, 0.2) is 30.3 Å². The molecule has 0 spiro atoms. The van der Waals surface area contributed by atoms with Gasteiger partial charge in [-0.1, -0.05) is 64.4 Å². The fourth-order valence-electron chi connectivity index (χ4n) is 22.4. The number of carbonyl (C=O) groups excluding carboxylic acids is 8. The lowest BCUT2D eigenvalue weighted by molar-refractivity contribution is -0.131. The Kier molecular flexibility index (Phi) is 29.2. The minimum Gasteiger partial charge on any atom is -0.331 e. The number of benzene rings is 1. The summed E-state index contributed by atoms with van der Waals surface area (Å²) in [6, 6.07) is 14.8. The van der Waals surface area contributed by atoms with Crippen molar-refractivity contribution in [3.05, 3.63) is 58.7 Å². The van der Waals surface area contributed by atoms with Crippen LogP contribution >= 0.6 is 0 Å². The summed E-state index contributed by atoms with van der Waals surface area (Å²) in [5, 5.41) is 32.9. The third kappa shape index (κ3) is 20.3. The Labute approximate surface area is 674 Å². The fourth-order valence-corrected chi connectivity index (χ4v) is 22.4. The smallest absolute Gasteiger partial charge is 0.319 e. The van der Waals surface area contributed by atoms with E-state index in [0.29, 0.717) is 98.4 Å². The van der Waals surface area contributed by atoms with Gasteiger partial charge >= 0.3 is 36.5 Å². The number of nitriles is 2. The number of hydrogen-bond donors (Lipinski definition) is 4. The Hall–Kier alpha value is -8.02. The van der Waals surface area contributed by atoms with Gasteiger partial charge in [0.2, 0.25) is 23.6 Å². The van der Waals surface area contributed by atoms with E-state index in [1.54, 1.807) is 81.5 Å². The van der Waals surface area contributed by atoms with Gasteiger partial charge in [0, 0.05) is 170 Å². The van der Waals surface area contributed by atoms with Crippen molar-refractivity contribution in [3.63, 3.8) is 0 Å². The normalized spacial score (nSPS) is 32.9. The molecule has 0 radical (unpaired) electrons. The Balaban J connectivity index is 0.000000160. The van der Waals surface area contributed by atoms with E-state index in [9.17, 15) is 48.9 Å². The van der Waals surface area contributed by atoms with Gasteiger partial charge in [0.1, 0.15) is 12.1 Å². The molecule has 12 amide bonds. The number of amides is 12. The number of nitrogens with one attached hydrogen (secondary N) is 4. The van der Waals surface area contributed by atoms with Crippen molar-refractivity contribution in [1.29, 1.82) is 10.5 Å². The van der Waals surface area contributed by atoms with E-state index in [-0.39, 0.29) is 108 Å². The number of carbonyl (C=O) groups is 8. The van der Waals surface area contributed by atoms with Crippen molar-refractivity contribution in [3.8, 4) is 12.1 Å². The van der Waals surface area contributed by atoms with Crippen molar-refractivity contribution < 1.29 is 38.4 Å². The van der Waals surface area contributed by atoms with Gasteiger partial charge in [-0.3, -0.25) is 38.7 Å². The molecule has 0 aromatic heterocycles. The zero-order valence-corrected chi connectivity index (χ0v) is 69.1. The molecule has 1 aromatic carbocycles. The number of fused-ring (bicyclic) bond motifs is 4. The second kappa shape index (κ2) is 37.7. The Morgan fingerprint density at radius 2 is 0.823 bits per heavy atom. The molecular weight excluding hydrogens is 1430 g/mol. The topological polar surface area (TPSA) is 280 Å². The lowest BCUT2D eigenvalue weighted by Gasteiger charge is -2.39. The summed E-state index contributed by atoms with van der Waals surface area (Å²) in [5.74, 6) is 5.24. The van der Waals surface area contributed by atoms with E-state index in [4.69, 9.17) is 13.1 Å². The van der Waals surface area contributed by atoms with Crippen LogP contribution in [-0.4, -0.2) is 314 Å². The highest BCUT2D eigenvalue weighted by Gasteiger charge is 2.56. The molecule has 4 unspecified atom stereocenters. The van der Waals surface area contributed by atoms with Gasteiger partial charge in [-0.2, -0.15) is 10.5 Å². The zero-order valence-electron chi connectivity index (χ0n) is 69.1. The molecule has 0 bridgehead atoms. The van der Waals surface area contributed by atoms with E-state index >= 15 is 0 Å². The summed E-state index contributed by atoms with van der Waals surface area (Å²) in [7, 11) is 14.4. The van der Waals surface area contributed by atoms with Crippen LogP contribution in [0, 0.1) is 95.0 Å². The second-order valence-electron chi connectivity index (χ2n) is 36.8. The van der Waals surface area contributed by atoms with Crippen molar-refractivity contribution in [2.45, 2.75) is 210 Å². The van der Waals surface area contributed by atoms with Gasteiger partial charge in [-0.05, 0) is 181 Å². The molecule has 1 aromatic rings. The van der Waals surface area contributed by atoms with Crippen LogP contribution < -0.4 is 21.3 Å². The van der Waals surface area contributed by atoms with Crippen molar-refractivity contribution in [2.75, 3.05) is 161 Å². The average molecular weight is 1560 g/mol. The largest absolute Gasteiger partial charge is 0.331 e. The highest BCUT2D eigenvalue weighted by Crippen LogP contribution is 2.52. The molecule has 4 N–H and O–H groups in total. The number of urea groups is 4. The summed E-state index contributed by atoms with van der Waals surface area (Å²) in [5.41, 5.74) is 1.07. The summed E-state index contributed by atoms with van der Waals surface area (Å²) >= 11 is 0. The predicted octanol–water partition coefficient (Wildman–Crippen LogP) is 7.86. The lowest BCUT2D eigenvalue weighted by Crippen LogP contribution is -2.54. The van der Waals surface area contributed by atoms with Crippen molar-refractivity contribution in [1.82, 2.24) is 80.1 Å². The monoisotopic (exact) mass is 1560 g/mol. The fraction of sp³-hybridized carbons (Fsp3) is 0.788. The molecule has 13 aliphatic rings. The molecule has 5 aliphatic carbocycles. The predicted molar refractivity (Wildman–Crippen MR) is 433 cm³/mol.